The molecular formula is C23H37N3O4. The molecule has 168 valence electrons. The van der Waals surface area contributed by atoms with Crippen LogP contribution >= 0.6 is 0 Å². The molecule has 0 bridgehead atoms. The maximum Gasteiger partial charge on any atom is 0.416 e. The summed E-state index contributed by atoms with van der Waals surface area (Å²) in [5.41, 5.74) is -0.324. The third-order valence-corrected chi connectivity index (χ3v) is 4.62. The molecule has 30 heavy (non-hydrogen) atoms. The Morgan fingerprint density at radius 1 is 1.13 bits per heavy atom. The van der Waals surface area contributed by atoms with Crippen LogP contribution in [0.3, 0.4) is 0 Å². The molecule has 2 heterocycles. The number of ether oxygens (including phenoxy) is 2. The lowest BCUT2D eigenvalue weighted by Gasteiger charge is -2.38. The molecule has 1 fully saturated rings. The number of anilines is 1. The van der Waals surface area contributed by atoms with Gasteiger partial charge in [0.15, 0.2) is 0 Å². The van der Waals surface area contributed by atoms with E-state index in [1.54, 1.807) is 16.0 Å². The van der Waals surface area contributed by atoms with Gasteiger partial charge >= 0.3 is 12.2 Å². The van der Waals surface area contributed by atoms with Crippen LogP contribution in [0.25, 0.3) is 0 Å². The number of pyridine rings is 1. The van der Waals surface area contributed by atoms with Crippen LogP contribution in [0.2, 0.25) is 0 Å². The van der Waals surface area contributed by atoms with Crippen LogP contribution in [-0.2, 0) is 9.47 Å². The van der Waals surface area contributed by atoms with Crippen molar-refractivity contribution in [2.24, 2.45) is 0 Å². The standard InChI is InChI=1S/C23H37N3O4/c1-8-15-26(21(28)30-23(5,6)7)19-17(12-11-14-24-19)18-13-9-10-16-25(18)20(27)29-22(2,3)4/h11-12,14,18H,8-10,13,15-16H2,1-7H3. The first-order valence-electron chi connectivity index (χ1n) is 10.9. The Hall–Kier alpha value is -2.31. The number of carbonyl (C=O) groups excluding carboxylic acids is 2. The molecule has 0 spiro atoms. The highest BCUT2D eigenvalue weighted by molar-refractivity contribution is 5.87. The molecule has 7 heteroatoms. The number of aromatic nitrogens is 1. The Morgan fingerprint density at radius 2 is 1.80 bits per heavy atom. The lowest BCUT2D eigenvalue weighted by Crippen LogP contribution is -2.43. The van der Waals surface area contributed by atoms with Crippen molar-refractivity contribution in [2.75, 3.05) is 18.0 Å². The predicted molar refractivity (Wildman–Crippen MR) is 118 cm³/mol. The van der Waals surface area contributed by atoms with Gasteiger partial charge in [0.2, 0.25) is 0 Å². The van der Waals surface area contributed by atoms with Gasteiger partial charge in [-0.25, -0.2) is 14.6 Å². The van der Waals surface area contributed by atoms with E-state index in [0.717, 1.165) is 31.2 Å². The van der Waals surface area contributed by atoms with Gasteiger partial charge in [-0.2, -0.15) is 0 Å². The number of hydrogen-bond donors (Lipinski definition) is 0. The van der Waals surface area contributed by atoms with Crippen LogP contribution in [0.1, 0.15) is 85.8 Å². The first-order valence-corrected chi connectivity index (χ1v) is 10.9. The van der Waals surface area contributed by atoms with Gasteiger partial charge in [0.1, 0.15) is 17.0 Å². The van der Waals surface area contributed by atoms with E-state index in [2.05, 4.69) is 4.98 Å². The average Bonchev–Trinajstić information content (AvgIpc) is 2.63. The van der Waals surface area contributed by atoms with E-state index in [9.17, 15) is 9.59 Å². The molecule has 1 saturated heterocycles. The van der Waals surface area contributed by atoms with Crippen LogP contribution in [0.5, 0.6) is 0 Å². The number of hydrogen-bond acceptors (Lipinski definition) is 5. The Kier molecular flexibility index (Phi) is 7.72. The lowest BCUT2D eigenvalue weighted by atomic mass is 9.95. The number of nitrogens with zero attached hydrogens (tertiary/aromatic N) is 3. The molecule has 1 aliphatic heterocycles. The first-order chi connectivity index (χ1) is 13.9. The normalized spacial score (nSPS) is 17.4. The molecule has 7 nitrogen and oxygen atoms in total. The van der Waals surface area contributed by atoms with E-state index >= 15 is 0 Å². The Labute approximate surface area is 180 Å². The first kappa shape index (κ1) is 24.0. The van der Waals surface area contributed by atoms with E-state index in [4.69, 9.17) is 9.47 Å². The topological polar surface area (TPSA) is 72.0 Å². The molecule has 1 aliphatic rings. The zero-order chi connectivity index (χ0) is 22.5. The monoisotopic (exact) mass is 419 g/mol. The van der Waals surface area contributed by atoms with Crippen molar-refractivity contribution in [2.45, 2.75) is 91.4 Å². The maximum absolute atomic E-state index is 12.9. The smallest absolute Gasteiger partial charge is 0.416 e. The Bertz CT molecular complexity index is 737. The minimum absolute atomic E-state index is 0.195. The van der Waals surface area contributed by atoms with E-state index in [0.29, 0.717) is 18.9 Å². The molecule has 0 aromatic carbocycles. The van der Waals surface area contributed by atoms with E-state index < -0.39 is 17.3 Å². The summed E-state index contributed by atoms with van der Waals surface area (Å²) < 4.78 is 11.3. The minimum Gasteiger partial charge on any atom is -0.444 e. The summed E-state index contributed by atoms with van der Waals surface area (Å²) in [5.74, 6) is 0.550. The molecule has 0 saturated carbocycles. The van der Waals surface area contributed by atoms with Crippen molar-refractivity contribution >= 4 is 18.0 Å². The fourth-order valence-electron chi connectivity index (χ4n) is 3.51. The minimum atomic E-state index is -0.606. The summed E-state index contributed by atoms with van der Waals surface area (Å²) in [6.07, 6.45) is 4.40. The van der Waals surface area contributed by atoms with Gasteiger partial charge in [-0.1, -0.05) is 13.0 Å². The largest absolute Gasteiger partial charge is 0.444 e. The van der Waals surface area contributed by atoms with Crippen molar-refractivity contribution in [3.63, 3.8) is 0 Å². The van der Waals surface area contributed by atoms with Gasteiger partial charge in [-0.3, -0.25) is 4.90 Å². The maximum atomic E-state index is 12.9. The summed E-state index contributed by atoms with van der Waals surface area (Å²) >= 11 is 0. The summed E-state index contributed by atoms with van der Waals surface area (Å²) in [7, 11) is 0. The number of likely N-dealkylation sites (tertiary alicyclic amines) is 1. The molecule has 2 amide bonds. The Morgan fingerprint density at radius 3 is 2.40 bits per heavy atom. The van der Waals surface area contributed by atoms with Crippen LogP contribution in [-0.4, -0.2) is 46.4 Å². The fraction of sp³-hybridized carbons (Fsp3) is 0.696. The molecule has 1 aromatic heterocycles. The highest BCUT2D eigenvalue weighted by Crippen LogP contribution is 2.36. The Balaban J connectivity index is 2.41. The number of amides is 2. The van der Waals surface area contributed by atoms with Gasteiger partial charge in [-0.05, 0) is 73.3 Å². The quantitative estimate of drug-likeness (QED) is 0.626. The van der Waals surface area contributed by atoms with Gasteiger partial charge in [-0.15, -0.1) is 0 Å². The third-order valence-electron chi connectivity index (χ3n) is 4.62. The van der Waals surface area contributed by atoms with Gasteiger partial charge in [0, 0.05) is 24.8 Å². The fourth-order valence-corrected chi connectivity index (χ4v) is 3.51. The van der Waals surface area contributed by atoms with Gasteiger partial charge < -0.3 is 14.4 Å². The molecule has 1 atom stereocenters. The van der Waals surface area contributed by atoms with Crippen molar-refractivity contribution in [3.05, 3.63) is 23.9 Å². The number of piperidine rings is 1. The SMILES string of the molecule is CCCN(C(=O)OC(C)(C)C)c1ncccc1C1CCCCN1C(=O)OC(C)(C)C. The van der Waals surface area contributed by atoms with E-state index in [1.165, 1.54) is 0 Å². The predicted octanol–water partition coefficient (Wildman–Crippen LogP) is 5.70. The summed E-state index contributed by atoms with van der Waals surface area (Å²) in [4.78, 5) is 33.7. The van der Waals surface area contributed by atoms with Crippen molar-refractivity contribution in [1.82, 2.24) is 9.88 Å². The zero-order valence-electron chi connectivity index (χ0n) is 19.5. The van der Waals surface area contributed by atoms with Crippen molar-refractivity contribution < 1.29 is 19.1 Å². The highest BCUT2D eigenvalue weighted by atomic mass is 16.6. The lowest BCUT2D eigenvalue weighted by molar-refractivity contribution is 0.00955. The van der Waals surface area contributed by atoms with Crippen LogP contribution < -0.4 is 4.90 Å². The van der Waals surface area contributed by atoms with Crippen LogP contribution in [0.4, 0.5) is 15.4 Å². The van der Waals surface area contributed by atoms with Gasteiger partial charge in [0.05, 0.1) is 6.04 Å². The third kappa shape index (κ3) is 6.61. The molecule has 0 radical (unpaired) electrons. The zero-order valence-corrected chi connectivity index (χ0v) is 19.5. The molecule has 0 N–H and O–H groups in total. The molecular weight excluding hydrogens is 382 g/mol. The van der Waals surface area contributed by atoms with Gasteiger partial charge in [0.25, 0.3) is 0 Å². The average molecular weight is 420 g/mol. The molecule has 0 aliphatic carbocycles. The molecule has 2 rings (SSSR count). The molecule has 1 unspecified atom stereocenters. The van der Waals surface area contributed by atoms with Crippen molar-refractivity contribution in [3.8, 4) is 0 Å². The van der Waals surface area contributed by atoms with E-state index in [-0.39, 0.29) is 12.1 Å². The number of carbonyl (C=O) groups is 2. The summed E-state index contributed by atoms with van der Waals surface area (Å²) in [5, 5.41) is 0. The molecule has 1 aromatic rings. The van der Waals surface area contributed by atoms with Crippen LogP contribution in [0, 0.1) is 0 Å². The second-order valence-electron chi connectivity index (χ2n) is 9.73. The highest BCUT2D eigenvalue weighted by Gasteiger charge is 2.35. The van der Waals surface area contributed by atoms with E-state index in [1.807, 2.05) is 60.6 Å². The number of rotatable bonds is 4. The van der Waals surface area contributed by atoms with Crippen molar-refractivity contribution in [1.29, 1.82) is 0 Å². The second kappa shape index (κ2) is 9.67. The summed E-state index contributed by atoms with van der Waals surface area (Å²) in [6, 6.07) is 3.60. The van der Waals surface area contributed by atoms with Crippen LogP contribution in [0.15, 0.2) is 18.3 Å². The summed E-state index contributed by atoms with van der Waals surface area (Å²) in [6.45, 7) is 14.2. The second-order valence-corrected chi connectivity index (χ2v) is 9.73.